The predicted octanol–water partition coefficient (Wildman–Crippen LogP) is 4.01. The average molecular weight is 459 g/mol. The summed E-state index contributed by atoms with van der Waals surface area (Å²) >= 11 is 0. The molecular formula is C25H34N2O4S. The van der Waals surface area contributed by atoms with Crippen LogP contribution in [0.15, 0.2) is 59.5 Å². The van der Waals surface area contributed by atoms with Gasteiger partial charge in [-0.15, -0.1) is 0 Å². The van der Waals surface area contributed by atoms with Crippen LogP contribution < -0.4 is 10.1 Å². The summed E-state index contributed by atoms with van der Waals surface area (Å²) in [4.78, 5) is 13.0. The minimum atomic E-state index is -3.49. The summed E-state index contributed by atoms with van der Waals surface area (Å²) in [6, 6.07) is 16.6. The molecule has 174 valence electrons. The second-order valence-electron chi connectivity index (χ2n) is 8.75. The van der Waals surface area contributed by atoms with E-state index in [2.05, 4.69) is 17.4 Å². The zero-order valence-electron chi connectivity index (χ0n) is 19.2. The number of nitrogens with one attached hydrogen (secondary N) is 1. The van der Waals surface area contributed by atoms with E-state index in [9.17, 15) is 13.2 Å². The van der Waals surface area contributed by atoms with Crippen LogP contribution >= 0.6 is 0 Å². The molecule has 2 aromatic rings. The third-order valence-corrected chi connectivity index (χ3v) is 7.67. The lowest BCUT2D eigenvalue weighted by atomic mass is 9.96. The van der Waals surface area contributed by atoms with Crippen LogP contribution in [-0.4, -0.2) is 43.9 Å². The fraction of sp³-hybridized carbons (Fsp3) is 0.480. The minimum Gasteiger partial charge on any atom is -0.491 e. The van der Waals surface area contributed by atoms with E-state index in [1.165, 1.54) is 9.87 Å². The van der Waals surface area contributed by atoms with E-state index in [0.717, 1.165) is 18.6 Å². The molecule has 1 N–H and O–H groups in total. The van der Waals surface area contributed by atoms with Gasteiger partial charge in [-0.3, -0.25) is 4.79 Å². The summed E-state index contributed by atoms with van der Waals surface area (Å²) in [5, 5.41) is 3.11. The molecule has 32 heavy (non-hydrogen) atoms. The number of carbonyl (C=O) groups excluding carboxylic acids is 1. The van der Waals surface area contributed by atoms with E-state index in [1.54, 1.807) is 30.3 Å². The molecule has 0 radical (unpaired) electrons. The number of benzene rings is 2. The van der Waals surface area contributed by atoms with E-state index in [4.69, 9.17) is 4.74 Å². The van der Waals surface area contributed by atoms with Gasteiger partial charge in [0.25, 0.3) is 0 Å². The van der Waals surface area contributed by atoms with Crippen molar-refractivity contribution in [1.82, 2.24) is 9.62 Å². The van der Waals surface area contributed by atoms with Gasteiger partial charge in [0.05, 0.1) is 11.0 Å². The van der Waals surface area contributed by atoms with Gasteiger partial charge in [0.1, 0.15) is 5.75 Å². The van der Waals surface area contributed by atoms with Crippen LogP contribution in [-0.2, 0) is 21.2 Å². The summed E-state index contributed by atoms with van der Waals surface area (Å²) in [7, 11) is -3.49. The van der Waals surface area contributed by atoms with Crippen molar-refractivity contribution in [2.45, 2.75) is 63.5 Å². The molecule has 1 aliphatic heterocycles. The van der Waals surface area contributed by atoms with Gasteiger partial charge in [0.15, 0.2) is 0 Å². The second-order valence-corrected chi connectivity index (χ2v) is 10.7. The average Bonchev–Trinajstić information content (AvgIpc) is 2.79. The number of aryl methyl sites for hydroxylation is 1. The maximum absolute atomic E-state index is 12.8. The Hall–Kier alpha value is -2.38. The van der Waals surface area contributed by atoms with Crippen molar-refractivity contribution in [3.8, 4) is 5.75 Å². The van der Waals surface area contributed by atoms with Gasteiger partial charge in [0, 0.05) is 25.0 Å². The Morgan fingerprint density at radius 1 is 1.03 bits per heavy atom. The molecule has 1 saturated heterocycles. The van der Waals surface area contributed by atoms with E-state index in [1.807, 2.05) is 32.9 Å². The number of hydrogen-bond donors (Lipinski definition) is 1. The van der Waals surface area contributed by atoms with Crippen molar-refractivity contribution in [3.05, 3.63) is 60.2 Å². The Morgan fingerprint density at radius 2 is 1.66 bits per heavy atom. The lowest BCUT2D eigenvalue weighted by Crippen LogP contribution is -2.44. The summed E-state index contributed by atoms with van der Waals surface area (Å²) in [5.74, 6) is 0.743. The zero-order valence-corrected chi connectivity index (χ0v) is 20.0. The fourth-order valence-corrected chi connectivity index (χ4v) is 5.41. The standard InChI is InChI=1S/C25H34N2O4S/c1-19(2)31-23-13-11-21(12-14-23)10-9-20(3)26-25(28)22-15-17-27(18-16-22)32(29,30)24-7-5-4-6-8-24/h4-8,11-14,19-20,22H,9-10,15-18H2,1-3H3,(H,26,28). The molecule has 1 unspecified atom stereocenters. The third-order valence-electron chi connectivity index (χ3n) is 5.76. The molecule has 1 aliphatic rings. The summed E-state index contributed by atoms with van der Waals surface area (Å²) in [6.45, 7) is 6.76. The Bertz CT molecular complexity index is 967. The predicted molar refractivity (Wildman–Crippen MR) is 126 cm³/mol. The van der Waals surface area contributed by atoms with Crippen molar-refractivity contribution in [2.24, 2.45) is 5.92 Å². The molecule has 6 nitrogen and oxygen atoms in total. The molecule has 1 heterocycles. The first-order chi connectivity index (χ1) is 15.3. The van der Waals surface area contributed by atoms with Crippen molar-refractivity contribution in [1.29, 1.82) is 0 Å². The monoisotopic (exact) mass is 458 g/mol. The zero-order chi connectivity index (χ0) is 23.1. The second kappa shape index (κ2) is 11.0. The molecule has 0 aliphatic carbocycles. The SMILES string of the molecule is CC(CCc1ccc(OC(C)C)cc1)NC(=O)C1CCN(S(=O)(=O)c2ccccc2)CC1. The van der Waals surface area contributed by atoms with Gasteiger partial charge >= 0.3 is 0 Å². The molecular weight excluding hydrogens is 424 g/mol. The Balaban J connectivity index is 1.43. The molecule has 1 atom stereocenters. The lowest BCUT2D eigenvalue weighted by Gasteiger charge is -2.31. The first-order valence-electron chi connectivity index (χ1n) is 11.4. The van der Waals surface area contributed by atoms with Crippen LogP contribution in [0.25, 0.3) is 0 Å². The minimum absolute atomic E-state index is 0.0231. The molecule has 0 aromatic heterocycles. The number of sulfonamides is 1. The van der Waals surface area contributed by atoms with E-state index in [0.29, 0.717) is 30.8 Å². The van der Waals surface area contributed by atoms with Gasteiger partial charge in [0.2, 0.25) is 15.9 Å². The Labute approximate surface area is 192 Å². The van der Waals surface area contributed by atoms with E-state index < -0.39 is 10.0 Å². The topological polar surface area (TPSA) is 75.7 Å². The van der Waals surface area contributed by atoms with Crippen LogP contribution in [0.4, 0.5) is 0 Å². The first kappa shape index (κ1) is 24.3. The summed E-state index contributed by atoms with van der Waals surface area (Å²) in [6.07, 6.45) is 2.96. The molecule has 0 spiro atoms. The number of nitrogens with zero attached hydrogens (tertiary/aromatic N) is 1. The van der Waals surface area contributed by atoms with Crippen LogP contribution in [0.5, 0.6) is 5.75 Å². The highest BCUT2D eigenvalue weighted by atomic mass is 32.2. The van der Waals surface area contributed by atoms with Gasteiger partial charge in [-0.25, -0.2) is 8.42 Å². The number of hydrogen-bond acceptors (Lipinski definition) is 4. The number of carbonyl (C=O) groups is 1. The van der Waals surface area contributed by atoms with E-state index >= 15 is 0 Å². The smallest absolute Gasteiger partial charge is 0.243 e. The highest BCUT2D eigenvalue weighted by Gasteiger charge is 2.32. The van der Waals surface area contributed by atoms with Crippen LogP contribution in [0.3, 0.4) is 0 Å². The normalized spacial score (nSPS) is 16.6. The van der Waals surface area contributed by atoms with Gasteiger partial charge in [-0.05, 0) is 76.3 Å². The number of amides is 1. The number of ether oxygens (including phenoxy) is 1. The fourth-order valence-electron chi connectivity index (χ4n) is 3.92. The van der Waals surface area contributed by atoms with Crippen molar-refractivity contribution in [2.75, 3.05) is 13.1 Å². The van der Waals surface area contributed by atoms with Crippen molar-refractivity contribution < 1.29 is 17.9 Å². The molecule has 7 heteroatoms. The maximum Gasteiger partial charge on any atom is 0.243 e. The highest BCUT2D eigenvalue weighted by molar-refractivity contribution is 7.89. The molecule has 3 rings (SSSR count). The van der Waals surface area contributed by atoms with Crippen LogP contribution in [0.1, 0.15) is 45.6 Å². The van der Waals surface area contributed by atoms with Gasteiger partial charge in [-0.2, -0.15) is 4.31 Å². The Morgan fingerprint density at radius 3 is 2.25 bits per heavy atom. The summed E-state index contributed by atoms with van der Waals surface area (Å²) in [5.41, 5.74) is 1.21. The largest absolute Gasteiger partial charge is 0.491 e. The van der Waals surface area contributed by atoms with Crippen molar-refractivity contribution in [3.63, 3.8) is 0 Å². The number of rotatable bonds is 9. The van der Waals surface area contributed by atoms with Crippen LogP contribution in [0, 0.1) is 5.92 Å². The third kappa shape index (κ3) is 6.56. The number of piperidine rings is 1. The molecule has 0 bridgehead atoms. The van der Waals surface area contributed by atoms with Gasteiger partial charge in [-0.1, -0.05) is 30.3 Å². The molecule has 0 saturated carbocycles. The summed E-state index contributed by atoms with van der Waals surface area (Å²) < 4.78 is 32.7. The van der Waals surface area contributed by atoms with E-state index in [-0.39, 0.29) is 24.0 Å². The highest BCUT2D eigenvalue weighted by Crippen LogP contribution is 2.24. The van der Waals surface area contributed by atoms with Gasteiger partial charge < -0.3 is 10.1 Å². The van der Waals surface area contributed by atoms with Crippen molar-refractivity contribution >= 4 is 15.9 Å². The molecule has 1 fully saturated rings. The van der Waals surface area contributed by atoms with Crippen LogP contribution in [0.2, 0.25) is 0 Å². The Kier molecular flexibility index (Phi) is 8.32. The molecule has 2 aromatic carbocycles. The lowest BCUT2D eigenvalue weighted by molar-refractivity contribution is -0.126. The molecule has 1 amide bonds. The first-order valence-corrected chi connectivity index (χ1v) is 12.8. The quantitative estimate of drug-likeness (QED) is 0.616. The maximum atomic E-state index is 12.8.